The van der Waals surface area contributed by atoms with Crippen molar-refractivity contribution in [1.82, 2.24) is 35.2 Å². The summed E-state index contributed by atoms with van der Waals surface area (Å²) in [6.07, 6.45) is -2.37. The van der Waals surface area contributed by atoms with Crippen LogP contribution in [-0.2, 0) is 31.3 Å². The Morgan fingerprint density at radius 1 is 0.783 bits per heavy atom. The topological polar surface area (TPSA) is 167 Å². The minimum absolute atomic E-state index is 0.00830. The summed E-state index contributed by atoms with van der Waals surface area (Å²) < 4.78 is 105. The fourth-order valence-electron chi connectivity index (χ4n) is 8.02. The standard InChI is InChI=1S/C23H21F5N4O2S.C23H23F2N3O4.C2H6/c1-10(2)29-18(33)12-8-32(20(34)11-5-6-13(24)14(25)7-11)9-22(3,4)15-16(12)30-19-17(15)31-21(35-19)23(26,27)28;1-11(2)31-22(30)14-9-28(21(29)13-6-7-15(24)16(25)8-13)10-23(4,5)17-19(14)26-18-12(3)27-32-20(17)18;1-2/h5-8,10,30H,9H2,1-4H3,(H,29,33);6-9,11,26H,10H2,1-5H3;1-2H3. The Morgan fingerprint density at radius 3 is 1.78 bits per heavy atom. The maximum atomic E-state index is 13.8. The molecule has 0 saturated heterocycles. The molecule has 8 rings (SSSR count). The summed E-state index contributed by atoms with van der Waals surface area (Å²) in [6, 6.07) is 5.36. The average molecular weight is 986 g/mol. The van der Waals surface area contributed by atoms with Crippen molar-refractivity contribution in [3.05, 3.63) is 116 Å². The molecule has 368 valence electrons. The molecule has 2 aromatic carbocycles. The van der Waals surface area contributed by atoms with Crippen LogP contribution >= 0.6 is 11.3 Å². The van der Waals surface area contributed by atoms with E-state index in [1.165, 1.54) is 28.3 Å². The van der Waals surface area contributed by atoms with E-state index in [1.54, 1.807) is 48.5 Å². The first kappa shape index (κ1) is 51.6. The van der Waals surface area contributed by atoms with Crippen molar-refractivity contribution in [3.63, 3.8) is 0 Å². The van der Waals surface area contributed by atoms with Crippen LogP contribution in [0.4, 0.5) is 30.7 Å². The highest BCUT2D eigenvalue weighted by Gasteiger charge is 2.43. The zero-order valence-corrected chi connectivity index (χ0v) is 40.3. The number of fused-ring (bicyclic) bond motifs is 6. The molecule has 0 radical (unpaired) electrons. The van der Waals surface area contributed by atoms with Crippen LogP contribution in [0, 0.1) is 30.2 Å². The smallest absolute Gasteiger partial charge is 0.443 e. The molecule has 2 aliphatic rings. The molecular formula is C48H50F7N7O6S. The number of hydrogen-bond donors (Lipinski definition) is 3. The second-order valence-electron chi connectivity index (χ2n) is 18.0. The lowest BCUT2D eigenvalue weighted by Gasteiger charge is -2.29. The average Bonchev–Trinajstić information content (AvgIpc) is 4.00. The normalized spacial score (nSPS) is 15.2. The molecule has 0 bridgehead atoms. The molecule has 21 heteroatoms. The van der Waals surface area contributed by atoms with E-state index in [0.29, 0.717) is 45.0 Å². The number of carbonyl (C=O) groups excluding carboxylic acids is 4. The van der Waals surface area contributed by atoms with Gasteiger partial charge in [0.15, 0.2) is 28.9 Å². The molecular weight excluding hydrogens is 936 g/mol. The molecule has 0 aliphatic carbocycles. The van der Waals surface area contributed by atoms with Gasteiger partial charge in [0, 0.05) is 64.6 Å². The minimum atomic E-state index is -4.64. The first-order valence-corrected chi connectivity index (χ1v) is 22.6. The van der Waals surface area contributed by atoms with Gasteiger partial charge in [-0.05, 0) is 71.0 Å². The summed E-state index contributed by atoms with van der Waals surface area (Å²) in [6.45, 7) is 20.0. The lowest BCUT2D eigenvalue weighted by Crippen LogP contribution is -2.37. The van der Waals surface area contributed by atoms with Gasteiger partial charge in [-0.2, -0.15) is 13.2 Å². The number of nitrogens with one attached hydrogen (secondary N) is 3. The third-order valence-electron chi connectivity index (χ3n) is 10.9. The molecule has 0 spiro atoms. The van der Waals surface area contributed by atoms with Gasteiger partial charge in [0.25, 0.3) is 17.7 Å². The van der Waals surface area contributed by atoms with Crippen molar-refractivity contribution < 1.29 is 59.2 Å². The fraction of sp³-hybridized carbons (Fsp3) is 0.375. The predicted octanol–water partition coefficient (Wildman–Crippen LogP) is 10.7. The van der Waals surface area contributed by atoms with Gasteiger partial charge in [0.1, 0.15) is 21.6 Å². The molecule has 3 amide bonds. The van der Waals surface area contributed by atoms with Gasteiger partial charge in [-0.25, -0.2) is 27.3 Å². The third kappa shape index (κ3) is 10.3. The number of aromatic nitrogens is 4. The lowest BCUT2D eigenvalue weighted by atomic mass is 9.83. The SMILES string of the molecule is CC.CC(C)NC(=O)C1=CN(C(=O)c2ccc(F)c(F)c2)CC(C)(C)c2c1[nH]c1sc(C(F)(F)F)nc21.Cc1noc2c3c([nH]c12)C(C(=O)OC(C)C)=CN(C(=O)c1ccc(F)c(F)c1)CC3(C)C. The Morgan fingerprint density at radius 2 is 1.29 bits per heavy atom. The van der Waals surface area contributed by atoms with Crippen LogP contribution in [-0.4, -0.2) is 78.8 Å². The van der Waals surface area contributed by atoms with E-state index in [1.807, 2.05) is 27.7 Å². The van der Waals surface area contributed by atoms with Gasteiger partial charge in [0.05, 0.1) is 28.6 Å². The van der Waals surface area contributed by atoms with Gasteiger partial charge in [-0.3, -0.25) is 14.4 Å². The van der Waals surface area contributed by atoms with Crippen molar-refractivity contribution in [2.75, 3.05) is 13.1 Å². The van der Waals surface area contributed by atoms with Crippen molar-refractivity contribution >= 4 is 67.6 Å². The zero-order chi connectivity index (χ0) is 51.2. The number of benzene rings is 2. The van der Waals surface area contributed by atoms with Crippen molar-refractivity contribution in [2.24, 2.45) is 0 Å². The third-order valence-corrected chi connectivity index (χ3v) is 11.9. The van der Waals surface area contributed by atoms with Crippen LogP contribution in [0.5, 0.6) is 0 Å². The van der Waals surface area contributed by atoms with Crippen LogP contribution in [0.25, 0.3) is 32.6 Å². The molecule has 0 atom stereocenters. The highest BCUT2D eigenvalue weighted by Crippen LogP contribution is 2.45. The van der Waals surface area contributed by atoms with E-state index in [0.717, 1.165) is 30.3 Å². The van der Waals surface area contributed by atoms with Gasteiger partial charge >= 0.3 is 12.1 Å². The number of aromatic amines is 2. The molecule has 0 unspecified atom stereocenters. The number of H-pyrrole nitrogens is 2. The van der Waals surface area contributed by atoms with Gasteiger partial charge < -0.3 is 34.3 Å². The van der Waals surface area contributed by atoms with Crippen LogP contribution < -0.4 is 5.32 Å². The second kappa shape index (κ2) is 19.3. The molecule has 0 saturated carbocycles. The molecule has 6 aromatic rings. The minimum Gasteiger partial charge on any atom is -0.459 e. The summed E-state index contributed by atoms with van der Waals surface area (Å²) in [7, 11) is 0. The van der Waals surface area contributed by atoms with Crippen LogP contribution in [0.1, 0.15) is 123 Å². The molecule has 69 heavy (non-hydrogen) atoms. The van der Waals surface area contributed by atoms with Crippen LogP contribution in [0.3, 0.4) is 0 Å². The van der Waals surface area contributed by atoms with Crippen LogP contribution in [0.15, 0.2) is 53.3 Å². The van der Waals surface area contributed by atoms with E-state index >= 15 is 0 Å². The van der Waals surface area contributed by atoms with Crippen molar-refractivity contribution in [2.45, 2.75) is 105 Å². The Hall–Kier alpha value is -6.77. The number of esters is 1. The van der Waals surface area contributed by atoms with Crippen molar-refractivity contribution in [1.29, 1.82) is 0 Å². The summed E-state index contributed by atoms with van der Waals surface area (Å²) in [4.78, 5) is 65.2. The quantitative estimate of drug-likeness (QED) is 0.110. The van der Waals surface area contributed by atoms with E-state index in [2.05, 4.69) is 25.4 Å². The maximum Gasteiger partial charge on any atom is 0.443 e. The molecule has 3 N–H and O–H groups in total. The summed E-state index contributed by atoms with van der Waals surface area (Å²) in [5.41, 5.74) is 1.88. The number of thiazole rings is 1. The molecule has 0 fully saturated rings. The van der Waals surface area contributed by atoms with Crippen LogP contribution in [0.2, 0.25) is 0 Å². The number of aryl methyl sites for hydroxylation is 1. The lowest BCUT2D eigenvalue weighted by molar-refractivity contribution is -0.140. The monoisotopic (exact) mass is 985 g/mol. The number of carbonyl (C=O) groups is 4. The number of rotatable bonds is 6. The highest BCUT2D eigenvalue weighted by atomic mass is 32.1. The Labute approximate surface area is 395 Å². The number of ether oxygens (including phenoxy) is 1. The van der Waals surface area contributed by atoms with E-state index < -0.39 is 69.0 Å². The first-order valence-electron chi connectivity index (χ1n) is 21.7. The van der Waals surface area contributed by atoms with E-state index in [9.17, 15) is 49.9 Å². The Bertz CT molecular complexity index is 3050. The second-order valence-corrected chi connectivity index (χ2v) is 19.0. The Kier molecular flexibility index (Phi) is 14.5. The van der Waals surface area contributed by atoms with Crippen molar-refractivity contribution in [3.8, 4) is 0 Å². The number of halogens is 7. The number of alkyl halides is 3. The molecule has 6 heterocycles. The summed E-state index contributed by atoms with van der Waals surface area (Å²) >= 11 is 0.432. The summed E-state index contributed by atoms with van der Waals surface area (Å²) in [5, 5.41) is 5.69. The number of amides is 3. The molecule has 4 aromatic heterocycles. The predicted molar refractivity (Wildman–Crippen MR) is 245 cm³/mol. The van der Waals surface area contributed by atoms with Gasteiger partial charge in [0.2, 0.25) is 5.01 Å². The number of nitrogens with zero attached hydrogens (tertiary/aromatic N) is 4. The number of hydrogen-bond acceptors (Lipinski definition) is 9. The van der Waals surface area contributed by atoms with E-state index in [-0.39, 0.29) is 63.5 Å². The zero-order valence-electron chi connectivity index (χ0n) is 39.5. The highest BCUT2D eigenvalue weighted by molar-refractivity contribution is 7.18. The first-order chi connectivity index (χ1) is 32.2. The van der Waals surface area contributed by atoms with E-state index in [4.69, 9.17) is 9.26 Å². The largest absolute Gasteiger partial charge is 0.459 e. The molecule has 2 aliphatic heterocycles. The molecule has 13 nitrogen and oxygen atoms in total. The Balaban J connectivity index is 0.000000220. The summed E-state index contributed by atoms with van der Waals surface area (Å²) in [5.74, 6) is -6.98. The van der Waals surface area contributed by atoms with Gasteiger partial charge in [-0.15, -0.1) is 0 Å². The maximum absolute atomic E-state index is 13.8. The fourth-order valence-corrected chi connectivity index (χ4v) is 8.87. The van der Waals surface area contributed by atoms with Gasteiger partial charge in [-0.1, -0.05) is 58.0 Å².